The van der Waals surface area contributed by atoms with Crippen molar-refractivity contribution in [2.45, 2.75) is 26.3 Å². The minimum atomic E-state index is -0.384. The summed E-state index contributed by atoms with van der Waals surface area (Å²) in [5.41, 5.74) is 2.99. The van der Waals surface area contributed by atoms with Crippen LogP contribution in [-0.2, 0) is 5.54 Å². The second-order valence-corrected chi connectivity index (χ2v) is 4.64. The van der Waals surface area contributed by atoms with Crippen LogP contribution in [0.5, 0.6) is 5.88 Å². The number of methoxy groups -OCH3 is 1. The summed E-state index contributed by atoms with van der Waals surface area (Å²) < 4.78 is 6.98. The van der Waals surface area contributed by atoms with Crippen LogP contribution in [0.4, 0.5) is 5.69 Å². The molecule has 0 aliphatic carbocycles. The molecule has 1 aliphatic rings. The molecule has 3 rings (SSSR count). The number of aromatic nitrogens is 3. The van der Waals surface area contributed by atoms with Crippen LogP contribution in [0.1, 0.15) is 25.1 Å². The number of aryl methyl sites for hydroxylation is 1. The van der Waals surface area contributed by atoms with Crippen molar-refractivity contribution >= 4 is 11.3 Å². The number of hydrogen-bond acceptors (Lipinski definition) is 5. The normalized spacial score (nSPS) is 16.5. The van der Waals surface area contributed by atoms with Crippen molar-refractivity contribution in [3.63, 3.8) is 0 Å². The van der Waals surface area contributed by atoms with Crippen LogP contribution in [0.2, 0.25) is 0 Å². The lowest BCUT2D eigenvalue weighted by molar-refractivity contribution is 0.391. The Labute approximate surface area is 98.3 Å². The molecule has 0 N–H and O–H groups in total. The van der Waals surface area contributed by atoms with Crippen LogP contribution in [-0.4, -0.2) is 21.7 Å². The maximum absolute atomic E-state index is 5.25. The molecular weight excluding hydrogens is 218 g/mol. The standard InChI is InChI=1S/C11H13N5O/c1-6-5-16-9(12-6)7-8(10(14-16)17-4)13-15-11(7,2)3/h5H,1-4H3. The number of ether oxygens (including phenoxy) is 1. The van der Waals surface area contributed by atoms with Gasteiger partial charge in [0.2, 0.25) is 0 Å². The van der Waals surface area contributed by atoms with Gasteiger partial charge >= 0.3 is 0 Å². The second kappa shape index (κ2) is 3.03. The summed E-state index contributed by atoms with van der Waals surface area (Å²) >= 11 is 0. The van der Waals surface area contributed by atoms with Crippen molar-refractivity contribution in [2.75, 3.05) is 7.11 Å². The Hall–Kier alpha value is -1.98. The van der Waals surface area contributed by atoms with Crippen LogP contribution in [0.15, 0.2) is 16.4 Å². The van der Waals surface area contributed by atoms with Gasteiger partial charge in [-0.15, -0.1) is 10.2 Å². The molecule has 3 heterocycles. The van der Waals surface area contributed by atoms with E-state index in [2.05, 4.69) is 20.3 Å². The van der Waals surface area contributed by atoms with Gasteiger partial charge in [-0.3, -0.25) is 0 Å². The highest BCUT2D eigenvalue weighted by Gasteiger charge is 2.35. The molecule has 0 aromatic carbocycles. The van der Waals surface area contributed by atoms with Crippen molar-refractivity contribution in [1.82, 2.24) is 14.6 Å². The molecule has 2 aromatic rings. The summed E-state index contributed by atoms with van der Waals surface area (Å²) in [5, 5.41) is 12.8. The lowest BCUT2D eigenvalue weighted by Crippen LogP contribution is -2.13. The monoisotopic (exact) mass is 231 g/mol. The molecular formula is C11H13N5O. The molecule has 0 unspecified atom stereocenters. The van der Waals surface area contributed by atoms with E-state index in [1.165, 1.54) is 0 Å². The van der Waals surface area contributed by atoms with Gasteiger partial charge in [-0.25, -0.2) is 9.50 Å². The molecule has 17 heavy (non-hydrogen) atoms. The Bertz CT molecular complexity index is 641. The van der Waals surface area contributed by atoms with Gasteiger partial charge in [-0.2, -0.15) is 5.11 Å². The Balaban J connectivity index is 2.46. The Morgan fingerprint density at radius 2 is 2.12 bits per heavy atom. The van der Waals surface area contributed by atoms with E-state index in [1.807, 2.05) is 27.0 Å². The van der Waals surface area contributed by atoms with E-state index in [9.17, 15) is 0 Å². The van der Waals surface area contributed by atoms with Gasteiger partial charge in [-0.1, -0.05) is 0 Å². The zero-order valence-corrected chi connectivity index (χ0v) is 10.2. The zero-order valence-electron chi connectivity index (χ0n) is 10.2. The third-order valence-corrected chi connectivity index (χ3v) is 2.88. The quantitative estimate of drug-likeness (QED) is 0.756. The molecule has 0 saturated heterocycles. The molecule has 0 spiro atoms. The average Bonchev–Trinajstić information content (AvgIpc) is 2.77. The van der Waals surface area contributed by atoms with Gasteiger partial charge in [0.25, 0.3) is 5.88 Å². The summed E-state index contributed by atoms with van der Waals surface area (Å²) in [4.78, 5) is 4.48. The third kappa shape index (κ3) is 1.26. The molecule has 0 amide bonds. The molecule has 0 radical (unpaired) electrons. The van der Waals surface area contributed by atoms with Crippen molar-refractivity contribution < 1.29 is 4.74 Å². The predicted octanol–water partition coefficient (Wildman–Crippen LogP) is 2.38. The highest BCUT2D eigenvalue weighted by atomic mass is 16.5. The van der Waals surface area contributed by atoms with Crippen LogP contribution < -0.4 is 4.74 Å². The smallest absolute Gasteiger partial charge is 0.260 e. The number of nitrogens with zero attached hydrogens (tertiary/aromatic N) is 5. The van der Waals surface area contributed by atoms with E-state index < -0.39 is 0 Å². The summed E-state index contributed by atoms with van der Waals surface area (Å²) in [6.45, 7) is 5.95. The number of rotatable bonds is 1. The van der Waals surface area contributed by atoms with E-state index in [4.69, 9.17) is 4.74 Å². The first-order valence-electron chi connectivity index (χ1n) is 5.40. The third-order valence-electron chi connectivity index (χ3n) is 2.88. The van der Waals surface area contributed by atoms with Crippen LogP contribution >= 0.6 is 0 Å². The Kier molecular flexibility index (Phi) is 1.81. The van der Waals surface area contributed by atoms with Crippen LogP contribution in [0, 0.1) is 6.92 Å². The topological polar surface area (TPSA) is 64.1 Å². The van der Waals surface area contributed by atoms with Crippen molar-refractivity contribution in [3.8, 4) is 5.88 Å². The average molecular weight is 231 g/mol. The first-order chi connectivity index (χ1) is 8.03. The highest BCUT2D eigenvalue weighted by Crippen LogP contribution is 2.46. The van der Waals surface area contributed by atoms with Crippen molar-refractivity contribution in [3.05, 3.63) is 17.5 Å². The first kappa shape index (κ1) is 10.2. The molecule has 0 bridgehead atoms. The minimum absolute atomic E-state index is 0.384. The number of hydrogen-bond donors (Lipinski definition) is 0. The van der Waals surface area contributed by atoms with E-state index in [1.54, 1.807) is 11.6 Å². The molecule has 2 aromatic heterocycles. The summed E-state index contributed by atoms with van der Waals surface area (Å²) in [6, 6.07) is 0. The van der Waals surface area contributed by atoms with Gasteiger partial charge in [0.05, 0.1) is 24.6 Å². The van der Waals surface area contributed by atoms with Gasteiger partial charge in [0, 0.05) is 0 Å². The highest BCUT2D eigenvalue weighted by molar-refractivity contribution is 5.69. The summed E-state index contributed by atoms with van der Waals surface area (Å²) in [7, 11) is 1.58. The largest absolute Gasteiger partial charge is 0.478 e. The van der Waals surface area contributed by atoms with Crippen LogP contribution in [0.25, 0.3) is 5.65 Å². The molecule has 0 saturated carbocycles. The summed E-state index contributed by atoms with van der Waals surface area (Å²) in [5.74, 6) is 0.485. The van der Waals surface area contributed by atoms with Gasteiger partial charge in [0.15, 0.2) is 11.3 Å². The molecule has 88 valence electrons. The molecule has 6 nitrogen and oxygen atoms in total. The SMILES string of the molecule is COc1nn2cc(C)nc2c2c1N=NC2(C)C. The number of imidazole rings is 1. The molecule has 6 heteroatoms. The van der Waals surface area contributed by atoms with Gasteiger partial charge < -0.3 is 4.74 Å². The summed E-state index contributed by atoms with van der Waals surface area (Å²) in [6.07, 6.45) is 1.87. The van der Waals surface area contributed by atoms with E-state index in [0.29, 0.717) is 11.6 Å². The molecule has 0 atom stereocenters. The predicted molar refractivity (Wildman–Crippen MR) is 61.8 cm³/mol. The Morgan fingerprint density at radius 3 is 2.82 bits per heavy atom. The minimum Gasteiger partial charge on any atom is -0.478 e. The van der Waals surface area contributed by atoms with E-state index in [-0.39, 0.29) is 5.54 Å². The van der Waals surface area contributed by atoms with E-state index >= 15 is 0 Å². The van der Waals surface area contributed by atoms with Crippen LogP contribution in [0.3, 0.4) is 0 Å². The number of fused-ring (bicyclic) bond motifs is 3. The number of azo groups is 1. The maximum atomic E-state index is 5.25. The molecule has 0 fully saturated rings. The fourth-order valence-corrected chi connectivity index (χ4v) is 2.11. The fraction of sp³-hybridized carbons (Fsp3) is 0.455. The van der Waals surface area contributed by atoms with Crippen molar-refractivity contribution in [2.24, 2.45) is 10.2 Å². The maximum Gasteiger partial charge on any atom is 0.260 e. The lowest BCUT2D eigenvalue weighted by atomic mass is 9.97. The lowest BCUT2D eigenvalue weighted by Gasteiger charge is -2.14. The van der Waals surface area contributed by atoms with Gasteiger partial charge in [-0.05, 0) is 20.8 Å². The van der Waals surface area contributed by atoms with Crippen molar-refractivity contribution in [1.29, 1.82) is 0 Å². The fourth-order valence-electron chi connectivity index (χ4n) is 2.11. The van der Waals surface area contributed by atoms with E-state index in [0.717, 1.165) is 16.9 Å². The molecule has 1 aliphatic heterocycles. The van der Waals surface area contributed by atoms with Gasteiger partial charge in [0.1, 0.15) is 5.54 Å². The zero-order chi connectivity index (χ0) is 12.2. The second-order valence-electron chi connectivity index (χ2n) is 4.64. The first-order valence-corrected chi connectivity index (χ1v) is 5.40. The Morgan fingerprint density at radius 1 is 1.35 bits per heavy atom.